The van der Waals surface area contributed by atoms with Gasteiger partial charge in [-0.1, -0.05) is 13.3 Å². The molecule has 0 saturated heterocycles. The van der Waals surface area contributed by atoms with Crippen molar-refractivity contribution in [1.82, 2.24) is 4.98 Å². The van der Waals surface area contributed by atoms with E-state index >= 15 is 0 Å². The lowest BCUT2D eigenvalue weighted by molar-refractivity contribution is 0.611. The molecular weight excluding hydrogens is 186 g/mol. The van der Waals surface area contributed by atoms with Crippen molar-refractivity contribution in [2.24, 2.45) is 5.73 Å². The van der Waals surface area contributed by atoms with E-state index in [4.69, 9.17) is 5.73 Å². The minimum absolute atomic E-state index is 0.524. The van der Waals surface area contributed by atoms with Gasteiger partial charge in [-0.3, -0.25) is 0 Å². The second-order valence-electron chi connectivity index (χ2n) is 3.98. The van der Waals surface area contributed by atoms with Crippen LogP contribution in [0.3, 0.4) is 0 Å². The van der Waals surface area contributed by atoms with Crippen molar-refractivity contribution in [3.8, 4) is 0 Å². The van der Waals surface area contributed by atoms with Gasteiger partial charge in [0, 0.05) is 25.8 Å². The van der Waals surface area contributed by atoms with Gasteiger partial charge in [0.05, 0.1) is 0 Å². The summed E-state index contributed by atoms with van der Waals surface area (Å²) in [7, 11) is 2.09. The molecule has 0 amide bonds. The summed E-state index contributed by atoms with van der Waals surface area (Å²) >= 11 is 0. The molecule has 1 unspecified atom stereocenters. The molecule has 1 heterocycles. The highest BCUT2D eigenvalue weighted by Crippen LogP contribution is 2.15. The maximum Gasteiger partial charge on any atom is 0.128 e. The second kappa shape index (κ2) is 5.71. The fourth-order valence-electron chi connectivity index (χ4n) is 1.62. The summed E-state index contributed by atoms with van der Waals surface area (Å²) in [4.78, 5) is 6.57. The predicted molar refractivity (Wildman–Crippen MR) is 64.9 cm³/mol. The largest absolute Gasteiger partial charge is 0.357 e. The molecule has 0 aliphatic carbocycles. The predicted octanol–water partition coefficient (Wildman–Crippen LogP) is 2.17. The van der Waals surface area contributed by atoms with E-state index in [1.807, 2.05) is 12.3 Å². The van der Waals surface area contributed by atoms with Crippen LogP contribution in [-0.4, -0.2) is 18.1 Å². The summed E-state index contributed by atoms with van der Waals surface area (Å²) in [5.74, 6) is 1.01. The quantitative estimate of drug-likeness (QED) is 0.804. The Morgan fingerprint density at radius 1 is 1.53 bits per heavy atom. The highest BCUT2D eigenvalue weighted by molar-refractivity contribution is 5.40. The van der Waals surface area contributed by atoms with Crippen LogP contribution in [0.4, 0.5) is 5.82 Å². The second-order valence-corrected chi connectivity index (χ2v) is 3.98. The summed E-state index contributed by atoms with van der Waals surface area (Å²) in [6, 6.07) is 4.55. The van der Waals surface area contributed by atoms with Crippen LogP contribution in [0.5, 0.6) is 0 Å². The minimum atomic E-state index is 0.524. The third kappa shape index (κ3) is 3.20. The highest BCUT2D eigenvalue weighted by Gasteiger charge is 2.09. The molecule has 0 radical (unpaired) electrons. The van der Waals surface area contributed by atoms with Crippen LogP contribution in [0.1, 0.15) is 32.3 Å². The van der Waals surface area contributed by atoms with Gasteiger partial charge in [0.1, 0.15) is 5.82 Å². The van der Waals surface area contributed by atoms with E-state index < -0.39 is 0 Å². The molecule has 0 aromatic carbocycles. The van der Waals surface area contributed by atoms with Gasteiger partial charge in [0.15, 0.2) is 0 Å². The first-order valence-corrected chi connectivity index (χ1v) is 5.56. The van der Waals surface area contributed by atoms with Gasteiger partial charge in [-0.2, -0.15) is 0 Å². The highest BCUT2D eigenvalue weighted by atomic mass is 15.2. The van der Waals surface area contributed by atoms with Gasteiger partial charge < -0.3 is 10.6 Å². The van der Waals surface area contributed by atoms with Crippen LogP contribution >= 0.6 is 0 Å². The first-order chi connectivity index (χ1) is 7.19. The lowest BCUT2D eigenvalue weighted by Gasteiger charge is -2.25. The lowest BCUT2D eigenvalue weighted by Crippen LogP contribution is -2.29. The zero-order valence-corrected chi connectivity index (χ0v) is 9.90. The summed E-state index contributed by atoms with van der Waals surface area (Å²) in [6.45, 7) is 5.00. The molecule has 0 saturated carbocycles. The molecular formula is C12H21N3. The van der Waals surface area contributed by atoms with Crippen LogP contribution in [0, 0.1) is 0 Å². The van der Waals surface area contributed by atoms with E-state index in [9.17, 15) is 0 Å². The van der Waals surface area contributed by atoms with Crippen molar-refractivity contribution in [3.63, 3.8) is 0 Å². The first kappa shape index (κ1) is 12.0. The zero-order valence-electron chi connectivity index (χ0n) is 9.90. The molecule has 3 heteroatoms. The topological polar surface area (TPSA) is 42.1 Å². The van der Waals surface area contributed by atoms with Crippen molar-refractivity contribution >= 4 is 5.82 Å². The molecule has 0 fully saturated rings. The Morgan fingerprint density at radius 2 is 2.27 bits per heavy atom. The SMILES string of the molecule is CCCC(C)N(C)c1cc(CN)ccn1. The normalized spacial score (nSPS) is 12.5. The van der Waals surface area contributed by atoms with E-state index in [2.05, 4.69) is 36.8 Å². The van der Waals surface area contributed by atoms with Crippen LogP contribution < -0.4 is 10.6 Å². The Hall–Kier alpha value is -1.09. The summed E-state index contributed by atoms with van der Waals surface area (Å²) in [5, 5.41) is 0. The molecule has 1 aromatic heterocycles. The lowest BCUT2D eigenvalue weighted by atomic mass is 10.1. The number of anilines is 1. The number of hydrogen-bond acceptors (Lipinski definition) is 3. The van der Waals surface area contributed by atoms with E-state index in [-0.39, 0.29) is 0 Å². The third-order valence-corrected chi connectivity index (χ3v) is 2.77. The van der Waals surface area contributed by atoms with Crippen molar-refractivity contribution in [1.29, 1.82) is 0 Å². The van der Waals surface area contributed by atoms with Gasteiger partial charge in [0.25, 0.3) is 0 Å². The molecule has 0 bridgehead atoms. The Labute approximate surface area is 92.3 Å². The number of rotatable bonds is 5. The average Bonchev–Trinajstić information content (AvgIpc) is 2.28. The molecule has 15 heavy (non-hydrogen) atoms. The Kier molecular flexibility index (Phi) is 4.56. The molecule has 3 nitrogen and oxygen atoms in total. The number of nitrogens with two attached hydrogens (primary N) is 1. The monoisotopic (exact) mass is 207 g/mol. The first-order valence-electron chi connectivity index (χ1n) is 5.56. The Balaban J connectivity index is 2.76. The van der Waals surface area contributed by atoms with Crippen LogP contribution in [-0.2, 0) is 6.54 Å². The Bertz CT molecular complexity index is 299. The molecule has 1 rings (SSSR count). The smallest absolute Gasteiger partial charge is 0.128 e. The van der Waals surface area contributed by atoms with Crippen LogP contribution in [0.15, 0.2) is 18.3 Å². The molecule has 0 aliphatic heterocycles. The van der Waals surface area contributed by atoms with E-state index in [1.165, 1.54) is 12.8 Å². The van der Waals surface area contributed by atoms with Gasteiger partial charge in [0.2, 0.25) is 0 Å². The maximum atomic E-state index is 5.61. The zero-order chi connectivity index (χ0) is 11.3. The van der Waals surface area contributed by atoms with E-state index in [0.717, 1.165) is 11.4 Å². The van der Waals surface area contributed by atoms with Gasteiger partial charge >= 0.3 is 0 Å². The van der Waals surface area contributed by atoms with Crippen molar-refractivity contribution in [2.75, 3.05) is 11.9 Å². The fraction of sp³-hybridized carbons (Fsp3) is 0.583. The van der Waals surface area contributed by atoms with E-state index in [1.54, 1.807) is 0 Å². The van der Waals surface area contributed by atoms with Gasteiger partial charge in [-0.05, 0) is 31.0 Å². The van der Waals surface area contributed by atoms with Crippen LogP contribution in [0.2, 0.25) is 0 Å². The molecule has 84 valence electrons. The van der Waals surface area contributed by atoms with Gasteiger partial charge in [-0.25, -0.2) is 4.98 Å². The minimum Gasteiger partial charge on any atom is -0.357 e. The molecule has 1 atom stereocenters. The Morgan fingerprint density at radius 3 is 2.87 bits per heavy atom. The standard InChI is InChI=1S/C12H21N3/c1-4-5-10(2)15(3)12-8-11(9-13)6-7-14-12/h6-8,10H,4-5,9,13H2,1-3H3. The molecule has 0 spiro atoms. The molecule has 2 N–H and O–H groups in total. The van der Waals surface area contributed by atoms with Gasteiger partial charge in [-0.15, -0.1) is 0 Å². The average molecular weight is 207 g/mol. The van der Waals surface area contributed by atoms with Crippen molar-refractivity contribution in [2.45, 2.75) is 39.3 Å². The van der Waals surface area contributed by atoms with E-state index in [0.29, 0.717) is 12.6 Å². The maximum absolute atomic E-state index is 5.61. The fourth-order valence-corrected chi connectivity index (χ4v) is 1.62. The summed E-state index contributed by atoms with van der Waals surface area (Å²) < 4.78 is 0. The van der Waals surface area contributed by atoms with Crippen molar-refractivity contribution in [3.05, 3.63) is 23.9 Å². The molecule has 0 aliphatic rings. The summed E-state index contributed by atoms with van der Waals surface area (Å²) in [6.07, 6.45) is 4.21. The number of nitrogens with zero attached hydrogens (tertiary/aromatic N) is 2. The summed E-state index contributed by atoms with van der Waals surface area (Å²) in [5.41, 5.74) is 6.74. The van der Waals surface area contributed by atoms with Crippen LogP contribution in [0.25, 0.3) is 0 Å². The number of pyridine rings is 1. The number of hydrogen-bond donors (Lipinski definition) is 1. The van der Waals surface area contributed by atoms with Crippen molar-refractivity contribution < 1.29 is 0 Å². The number of aromatic nitrogens is 1. The third-order valence-electron chi connectivity index (χ3n) is 2.77. The molecule has 1 aromatic rings.